The molecule has 0 radical (unpaired) electrons. The maximum atomic E-state index is 13.3. The average molecular weight is 417 g/mol. The van der Waals surface area contributed by atoms with E-state index in [0.29, 0.717) is 11.5 Å². The van der Waals surface area contributed by atoms with E-state index in [4.69, 9.17) is 9.72 Å². The second kappa shape index (κ2) is 8.50. The monoisotopic (exact) mass is 416 g/mol. The third kappa shape index (κ3) is 4.18. The van der Waals surface area contributed by atoms with Crippen LogP contribution >= 0.6 is 0 Å². The van der Waals surface area contributed by atoms with Crippen molar-refractivity contribution in [1.29, 1.82) is 0 Å². The van der Waals surface area contributed by atoms with Crippen LogP contribution in [0.5, 0.6) is 0 Å². The third-order valence-corrected chi connectivity index (χ3v) is 6.09. The summed E-state index contributed by atoms with van der Waals surface area (Å²) in [5.74, 6) is -0.328. The number of rotatable bonds is 4. The van der Waals surface area contributed by atoms with E-state index < -0.39 is 12.1 Å². The van der Waals surface area contributed by atoms with Crippen molar-refractivity contribution in [3.8, 4) is 0 Å². The molecule has 4 rings (SSSR count). The summed E-state index contributed by atoms with van der Waals surface area (Å²) in [6.45, 7) is 7.68. The largest absolute Gasteiger partial charge is 0.449 e. The van der Waals surface area contributed by atoms with E-state index in [1.807, 2.05) is 56.3 Å². The molecular weight excluding hydrogens is 388 g/mol. The first-order chi connectivity index (χ1) is 14.8. The number of amides is 1. The van der Waals surface area contributed by atoms with Gasteiger partial charge in [0.05, 0.1) is 11.1 Å². The Labute approximate surface area is 182 Å². The SMILES string of the molecule is Cc1cccc(C)c1NC(=O)C(C)OC(=O)c1c2c(nc3ccccc13)CCC(C)C2. The Balaban J connectivity index is 1.62. The lowest BCUT2D eigenvalue weighted by Crippen LogP contribution is -2.31. The Morgan fingerprint density at radius 3 is 2.55 bits per heavy atom. The molecule has 2 aromatic carbocycles. The molecule has 3 aromatic rings. The maximum absolute atomic E-state index is 13.3. The number of anilines is 1. The van der Waals surface area contributed by atoms with Crippen LogP contribution < -0.4 is 5.32 Å². The van der Waals surface area contributed by atoms with Crippen molar-refractivity contribution in [3.05, 3.63) is 70.4 Å². The van der Waals surface area contributed by atoms with Crippen molar-refractivity contribution >= 4 is 28.5 Å². The minimum atomic E-state index is -0.921. The van der Waals surface area contributed by atoms with Crippen molar-refractivity contribution in [1.82, 2.24) is 4.98 Å². The predicted octanol–water partition coefficient (Wildman–Crippen LogP) is 5.16. The normalized spacial score (nSPS) is 16.5. The minimum absolute atomic E-state index is 0.341. The second-order valence-corrected chi connectivity index (χ2v) is 8.58. The summed E-state index contributed by atoms with van der Waals surface area (Å²) < 4.78 is 5.68. The van der Waals surface area contributed by atoms with E-state index in [2.05, 4.69) is 12.2 Å². The molecule has 0 spiro atoms. The van der Waals surface area contributed by atoms with E-state index >= 15 is 0 Å². The fourth-order valence-corrected chi connectivity index (χ4v) is 4.31. The highest BCUT2D eigenvalue weighted by Gasteiger charge is 2.28. The summed E-state index contributed by atoms with van der Waals surface area (Å²) in [5.41, 5.74) is 5.97. The number of aryl methyl sites for hydroxylation is 3. The van der Waals surface area contributed by atoms with Crippen molar-refractivity contribution in [2.75, 3.05) is 5.32 Å². The van der Waals surface area contributed by atoms with Crippen molar-refractivity contribution in [2.24, 2.45) is 5.92 Å². The first kappa shape index (κ1) is 21.0. The Hall–Kier alpha value is -3.21. The Kier molecular flexibility index (Phi) is 5.77. The quantitative estimate of drug-likeness (QED) is 0.597. The van der Waals surface area contributed by atoms with Gasteiger partial charge in [0.1, 0.15) is 0 Å². The predicted molar refractivity (Wildman–Crippen MR) is 122 cm³/mol. The number of nitrogens with one attached hydrogen (secondary N) is 1. The van der Waals surface area contributed by atoms with Crippen LogP contribution in [0.4, 0.5) is 5.69 Å². The van der Waals surface area contributed by atoms with Crippen LogP contribution in [-0.4, -0.2) is 23.0 Å². The molecule has 2 unspecified atom stereocenters. The number of nitrogens with zero attached hydrogens (tertiary/aromatic N) is 1. The highest BCUT2D eigenvalue weighted by molar-refractivity contribution is 6.06. The summed E-state index contributed by atoms with van der Waals surface area (Å²) in [7, 11) is 0. The van der Waals surface area contributed by atoms with Gasteiger partial charge in [-0.05, 0) is 68.7 Å². The topological polar surface area (TPSA) is 68.3 Å². The summed E-state index contributed by atoms with van der Waals surface area (Å²) >= 11 is 0. The van der Waals surface area contributed by atoms with Gasteiger partial charge in [0, 0.05) is 16.8 Å². The van der Waals surface area contributed by atoms with E-state index in [-0.39, 0.29) is 5.91 Å². The molecule has 31 heavy (non-hydrogen) atoms. The van der Waals surface area contributed by atoms with E-state index in [1.54, 1.807) is 6.92 Å². The minimum Gasteiger partial charge on any atom is -0.449 e. The number of carbonyl (C=O) groups is 2. The first-order valence-electron chi connectivity index (χ1n) is 10.8. The van der Waals surface area contributed by atoms with Gasteiger partial charge in [-0.25, -0.2) is 4.79 Å². The van der Waals surface area contributed by atoms with Crippen LogP contribution in [0.25, 0.3) is 10.9 Å². The fraction of sp³-hybridized carbons (Fsp3) is 0.346. The van der Waals surface area contributed by atoms with Crippen LogP contribution in [0.2, 0.25) is 0 Å². The molecular formula is C26H28N2O3. The molecule has 1 amide bonds. The number of ether oxygens (including phenoxy) is 1. The smallest absolute Gasteiger partial charge is 0.339 e. The molecule has 2 atom stereocenters. The van der Waals surface area contributed by atoms with Crippen LogP contribution in [-0.2, 0) is 22.4 Å². The van der Waals surface area contributed by atoms with Crippen LogP contribution in [0.1, 0.15) is 53.0 Å². The molecule has 1 aromatic heterocycles. The van der Waals surface area contributed by atoms with Crippen molar-refractivity contribution in [3.63, 3.8) is 0 Å². The molecule has 0 aliphatic heterocycles. The lowest BCUT2D eigenvalue weighted by atomic mass is 9.84. The number of carbonyl (C=O) groups excluding carboxylic acids is 2. The zero-order valence-electron chi connectivity index (χ0n) is 18.5. The molecule has 1 aliphatic rings. The Morgan fingerprint density at radius 1 is 1.10 bits per heavy atom. The zero-order valence-corrected chi connectivity index (χ0v) is 18.5. The molecule has 0 bridgehead atoms. The van der Waals surface area contributed by atoms with Gasteiger partial charge in [0.15, 0.2) is 6.10 Å². The van der Waals surface area contributed by atoms with Gasteiger partial charge in [0.2, 0.25) is 0 Å². The number of aromatic nitrogens is 1. The molecule has 160 valence electrons. The number of hydrogen-bond acceptors (Lipinski definition) is 4. The number of esters is 1. The lowest BCUT2D eigenvalue weighted by Gasteiger charge is -2.24. The molecule has 0 saturated heterocycles. The molecule has 1 N–H and O–H groups in total. The Bertz CT molecular complexity index is 1150. The fourth-order valence-electron chi connectivity index (χ4n) is 4.31. The highest BCUT2D eigenvalue weighted by Crippen LogP contribution is 2.32. The lowest BCUT2D eigenvalue weighted by molar-refractivity contribution is -0.123. The van der Waals surface area contributed by atoms with E-state index in [1.165, 1.54) is 0 Å². The Morgan fingerprint density at radius 2 is 1.81 bits per heavy atom. The van der Waals surface area contributed by atoms with Crippen LogP contribution in [0.3, 0.4) is 0 Å². The maximum Gasteiger partial charge on any atom is 0.339 e. The van der Waals surface area contributed by atoms with Gasteiger partial charge in [-0.3, -0.25) is 9.78 Å². The molecule has 1 heterocycles. The zero-order chi connectivity index (χ0) is 22.1. The number of pyridine rings is 1. The van der Waals surface area contributed by atoms with Gasteiger partial charge >= 0.3 is 5.97 Å². The third-order valence-electron chi connectivity index (χ3n) is 6.09. The standard InChI is InChI=1S/C26H28N2O3/c1-15-12-13-22-20(14-15)23(19-10-5-6-11-21(19)27-22)26(30)31-18(4)25(29)28-24-16(2)8-7-9-17(24)3/h5-11,15,18H,12-14H2,1-4H3,(H,28,29). The number of fused-ring (bicyclic) bond motifs is 2. The highest BCUT2D eigenvalue weighted by atomic mass is 16.5. The van der Waals surface area contributed by atoms with Gasteiger partial charge in [-0.1, -0.05) is 43.3 Å². The number of para-hydroxylation sites is 2. The van der Waals surface area contributed by atoms with Gasteiger partial charge < -0.3 is 10.1 Å². The second-order valence-electron chi connectivity index (χ2n) is 8.58. The summed E-state index contributed by atoms with van der Waals surface area (Å²) in [6.07, 6.45) is 1.78. The van der Waals surface area contributed by atoms with Crippen molar-refractivity contribution < 1.29 is 14.3 Å². The average Bonchev–Trinajstić information content (AvgIpc) is 2.74. The summed E-state index contributed by atoms with van der Waals surface area (Å²) in [6, 6.07) is 13.5. The van der Waals surface area contributed by atoms with Crippen LogP contribution in [0, 0.1) is 19.8 Å². The molecule has 5 heteroatoms. The molecule has 5 nitrogen and oxygen atoms in total. The van der Waals surface area contributed by atoms with Gasteiger partial charge in [-0.15, -0.1) is 0 Å². The summed E-state index contributed by atoms with van der Waals surface area (Å²) in [5, 5.41) is 3.69. The number of benzene rings is 2. The van der Waals surface area contributed by atoms with Crippen molar-refractivity contribution in [2.45, 2.75) is 53.1 Å². The van der Waals surface area contributed by atoms with Gasteiger partial charge in [-0.2, -0.15) is 0 Å². The van der Waals surface area contributed by atoms with Gasteiger partial charge in [0.25, 0.3) is 5.91 Å². The van der Waals surface area contributed by atoms with E-state index in [0.717, 1.165) is 58.2 Å². The molecule has 0 fully saturated rings. The molecule has 0 saturated carbocycles. The summed E-state index contributed by atoms with van der Waals surface area (Å²) in [4.78, 5) is 30.9. The van der Waals surface area contributed by atoms with Crippen LogP contribution in [0.15, 0.2) is 42.5 Å². The first-order valence-corrected chi connectivity index (χ1v) is 10.8. The van der Waals surface area contributed by atoms with E-state index in [9.17, 15) is 9.59 Å². The number of hydrogen-bond donors (Lipinski definition) is 1. The molecule has 1 aliphatic carbocycles.